The number of hydrogen-bond acceptors (Lipinski definition) is 4. The van der Waals surface area contributed by atoms with Crippen LogP contribution >= 0.6 is 0 Å². The van der Waals surface area contributed by atoms with Crippen LogP contribution in [0.2, 0.25) is 0 Å². The van der Waals surface area contributed by atoms with Gasteiger partial charge in [-0.3, -0.25) is 9.59 Å². The first-order valence-corrected chi connectivity index (χ1v) is 12.1. The van der Waals surface area contributed by atoms with E-state index in [1.807, 2.05) is 0 Å². The summed E-state index contributed by atoms with van der Waals surface area (Å²) in [5.74, 6) is 2.20. The summed E-state index contributed by atoms with van der Waals surface area (Å²) in [5.41, 5.74) is 0. The molecule has 166 valence electrons. The molecule has 0 bridgehead atoms. The molecule has 0 amide bonds. The van der Waals surface area contributed by atoms with Crippen molar-refractivity contribution in [3.8, 4) is 0 Å². The normalized spacial score (nSPS) is 40.0. The molecule has 0 aliphatic heterocycles. The average Bonchev–Trinajstić information content (AvgIpc) is 3.42. The molecule has 4 heteroatoms. The Balaban J connectivity index is 1.52. The van der Waals surface area contributed by atoms with Crippen molar-refractivity contribution >= 4 is 11.9 Å². The zero-order valence-corrected chi connectivity index (χ0v) is 19.4. The molecule has 0 N–H and O–H groups in total. The van der Waals surface area contributed by atoms with Crippen molar-refractivity contribution in [2.75, 3.05) is 0 Å². The molecule has 3 aliphatic rings. The summed E-state index contributed by atoms with van der Waals surface area (Å²) < 4.78 is 11.9. The van der Waals surface area contributed by atoms with E-state index in [2.05, 4.69) is 41.5 Å². The average molecular weight is 407 g/mol. The summed E-state index contributed by atoms with van der Waals surface area (Å²) in [6.07, 6.45) is 7.20. The third kappa shape index (κ3) is 5.55. The summed E-state index contributed by atoms with van der Waals surface area (Å²) in [6.45, 7) is 13.4. The van der Waals surface area contributed by atoms with Crippen molar-refractivity contribution in [1.29, 1.82) is 0 Å². The van der Waals surface area contributed by atoms with E-state index in [4.69, 9.17) is 9.47 Å². The van der Waals surface area contributed by atoms with Crippen molar-refractivity contribution in [2.45, 2.75) is 98.7 Å². The molecule has 0 heterocycles. The standard InChI is InChI=1S/C25H42O4/c1-14(2)18-9-7-16(5)11-22(18)28-24(26)20-13-21(20)25(27)29-23-12-17(6)8-10-19(23)15(3)4/h14-23H,7-13H2,1-6H3/t16-,17-,18+,19+,20+,21+,22-,23-/m0/s1. The molecule has 3 rings (SSSR count). The molecule has 4 nitrogen and oxygen atoms in total. The van der Waals surface area contributed by atoms with Crippen LogP contribution in [0.4, 0.5) is 0 Å². The smallest absolute Gasteiger partial charge is 0.310 e. The number of carbonyl (C=O) groups is 2. The molecule has 0 aromatic carbocycles. The van der Waals surface area contributed by atoms with E-state index in [9.17, 15) is 9.59 Å². The fourth-order valence-electron chi connectivity index (χ4n) is 5.69. The molecule has 0 unspecified atom stereocenters. The van der Waals surface area contributed by atoms with Crippen molar-refractivity contribution in [3.63, 3.8) is 0 Å². The van der Waals surface area contributed by atoms with Crippen LogP contribution in [0.25, 0.3) is 0 Å². The van der Waals surface area contributed by atoms with E-state index in [1.165, 1.54) is 12.8 Å². The number of ether oxygens (including phenoxy) is 2. The summed E-state index contributed by atoms with van der Waals surface area (Å²) >= 11 is 0. The summed E-state index contributed by atoms with van der Waals surface area (Å²) in [7, 11) is 0. The minimum Gasteiger partial charge on any atom is -0.462 e. The van der Waals surface area contributed by atoms with Gasteiger partial charge in [-0.1, -0.05) is 54.4 Å². The molecule has 3 fully saturated rings. The first kappa shape index (κ1) is 22.6. The van der Waals surface area contributed by atoms with E-state index in [-0.39, 0.29) is 36.0 Å². The Hall–Kier alpha value is -1.06. The lowest BCUT2D eigenvalue weighted by Gasteiger charge is -2.37. The van der Waals surface area contributed by atoms with Crippen LogP contribution in [-0.2, 0) is 19.1 Å². The molecule has 29 heavy (non-hydrogen) atoms. The van der Waals surface area contributed by atoms with Gasteiger partial charge in [-0.15, -0.1) is 0 Å². The second-order valence-corrected chi connectivity index (χ2v) is 11.1. The minimum absolute atomic E-state index is 0.00744. The van der Waals surface area contributed by atoms with Gasteiger partial charge < -0.3 is 9.47 Å². The Bertz CT molecular complexity index is 533. The van der Waals surface area contributed by atoms with Crippen molar-refractivity contribution < 1.29 is 19.1 Å². The Labute approximate surface area is 177 Å². The van der Waals surface area contributed by atoms with Gasteiger partial charge in [-0.05, 0) is 67.6 Å². The maximum absolute atomic E-state index is 12.8. The molecule has 0 spiro atoms. The number of rotatable bonds is 6. The lowest BCUT2D eigenvalue weighted by Crippen LogP contribution is -2.37. The molecular weight excluding hydrogens is 364 g/mol. The van der Waals surface area contributed by atoms with Crippen LogP contribution < -0.4 is 0 Å². The molecule has 3 saturated carbocycles. The van der Waals surface area contributed by atoms with Gasteiger partial charge in [0.1, 0.15) is 12.2 Å². The van der Waals surface area contributed by atoms with Crippen LogP contribution in [0.1, 0.15) is 86.5 Å². The van der Waals surface area contributed by atoms with E-state index in [1.54, 1.807) is 0 Å². The fraction of sp³-hybridized carbons (Fsp3) is 0.920. The van der Waals surface area contributed by atoms with Gasteiger partial charge in [-0.2, -0.15) is 0 Å². The highest BCUT2D eigenvalue weighted by atomic mass is 16.6. The van der Waals surface area contributed by atoms with E-state index in [0.717, 1.165) is 25.7 Å². The molecule has 0 aromatic heterocycles. The number of carbonyl (C=O) groups excluding carboxylic acids is 2. The largest absolute Gasteiger partial charge is 0.462 e. The highest BCUT2D eigenvalue weighted by Crippen LogP contribution is 2.44. The van der Waals surface area contributed by atoms with E-state index < -0.39 is 0 Å². The SMILES string of the molecule is CC(C)[C@H]1CC[C@H](C)C[C@@H]1OC(=O)[C@@H]1C[C@H]1C(=O)O[C@H]1C[C@@H](C)CC[C@@H]1C(C)C. The third-order valence-corrected chi connectivity index (χ3v) is 7.85. The zero-order valence-electron chi connectivity index (χ0n) is 19.4. The molecule has 8 atom stereocenters. The molecule has 0 aromatic rings. The van der Waals surface area contributed by atoms with Crippen LogP contribution in [0.5, 0.6) is 0 Å². The third-order valence-electron chi connectivity index (χ3n) is 7.85. The molecule has 0 radical (unpaired) electrons. The van der Waals surface area contributed by atoms with Gasteiger partial charge in [0.2, 0.25) is 0 Å². The Morgan fingerprint density at radius 2 is 1.03 bits per heavy atom. The van der Waals surface area contributed by atoms with Crippen molar-refractivity contribution in [3.05, 3.63) is 0 Å². The summed E-state index contributed by atoms with van der Waals surface area (Å²) in [5, 5.41) is 0. The zero-order chi connectivity index (χ0) is 21.3. The summed E-state index contributed by atoms with van der Waals surface area (Å²) in [6, 6.07) is 0. The van der Waals surface area contributed by atoms with Crippen LogP contribution in [0, 0.1) is 47.3 Å². The molecule has 3 aliphatic carbocycles. The first-order valence-electron chi connectivity index (χ1n) is 12.1. The lowest BCUT2D eigenvalue weighted by atomic mass is 9.75. The Kier molecular flexibility index (Phi) is 7.32. The van der Waals surface area contributed by atoms with Gasteiger partial charge in [0.15, 0.2) is 0 Å². The number of hydrogen-bond donors (Lipinski definition) is 0. The van der Waals surface area contributed by atoms with Gasteiger partial charge in [0.25, 0.3) is 0 Å². The maximum Gasteiger partial charge on any atom is 0.310 e. The number of esters is 2. The highest BCUT2D eigenvalue weighted by molar-refractivity contribution is 5.87. The molecular formula is C25H42O4. The monoisotopic (exact) mass is 406 g/mol. The van der Waals surface area contributed by atoms with Crippen LogP contribution in [0.3, 0.4) is 0 Å². The Morgan fingerprint density at radius 1 is 0.655 bits per heavy atom. The first-order chi connectivity index (χ1) is 13.7. The van der Waals surface area contributed by atoms with E-state index in [0.29, 0.717) is 41.9 Å². The highest BCUT2D eigenvalue weighted by Gasteiger charge is 2.52. The van der Waals surface area contributed by atoms with Crippen molar-refractivity contribution in [1.82, 2.24) is 0 Å². The van der Waals surface area contributed by atoms with Gasteiger partial charge in [0.05, 0.1) is 11.8 Å². The summed E-state index contributed by atoms with van der Waals surface area (Å²) in [4.78, 5) is 25.5. The topological polar surface area (TPSA) is 52.6 Å². The van der Waals surface area contributed by atoms with Crippen molar-refractivity contribution in [2.24, 2.45) is 47.3 Å². The molecule has 0 saturated heterocycles. The van der Waals surface area contributed by atoms with Crippen LogP contribution in [0.15, 0.2) is 0 Å². The maximum atomic E-state index is 12.8. The van der Waals surface area contributed by atoms with Gasteiger partial charge in [-0.25, -0.2) is 0 Å². The lowest BCUT2D eigenvalue weighted by molar-refractivity contribution is -0.164. The predicted octanol–water partition coefficient (Wildman–Crippen LogP) is 5.63. The van der Waals surface area contributed by atoms with Crippen LogP contribution in [-0.4, -0.2) is 24.1 Å². The second kappa shape index (κ2) is 9.39. The second-order valence-electron chi connectivity index (χ2n) is 11.1. The fourth-order valence-corrected chi connectivity index (χ4v) is 5.69. The quantitative estimate of drug-likeness (QED) is 0.536. The van der Waals surface area contributed by atoms with Gasteiger partial charge in [0, 0.05) is 0 Å². The Morgan fingerprint density at radius 3 is 1.38 bits per heavy atom. The van der Waals surface area contributed by atoms with Gasteiger partial charge >= 0.3 is 11.9 Å². The predicted molar refractivity (Wildman–Crippen MR) is 114 cm³/mol. The van der Waals surface area contributed by atoms with E-state index >= 15 is 0 Å². The minimum atomic E-state index is -0.286.